The SMILES string of the molecule is CSc1ccc(CNC(=O)c2cccc(-n3cc(C)cn3)n2)cc1. The Labute approximate surface area is 145 Å². The number of amides is 1. The molecule has 0 fully saturated rings. The Morgan fingerprint density at radius 1 is 1.21 bits per heavy atom. The van der Waals surface area contributed by atoms with Gasteiger partial charge in [0.1, 0.15) is 5.69 Å². The van der Waals surface area contributed by atoms with E-state index in [1.54, 1.807) is 28.7 Å². The van der Waals surface area contributed by atoms with Crippen LogP contribution in [0.3, 0.4) is 0 Å². The van der Waals surface area contributed by atoms with Crippen molar-refractivity contribution < 1.29 is 4.79 Å². The first kappa shape index (κ1) is 16.3. The lowest BCUT2D eigenvalue weighted by Gasteiger charge is -2.07. The minimum atomic E-state index is -0.199. The van der Waals surface area contributed by atoms with E-state index in [9.17, 15) is 4.79 Å². The number of pyridine rings is 1. The summed E-state index contributed by atoms with van der Waals surface area (Å²) in [5, 5.41) is 7.12. The number of rotatable bonds is 5. The number of nitrogens with one attached hydrogen (secondary N) is 1. The van der Waals surface area contributed by atoms with Gasteiger partial charge in [0.25, 0.3) is 5.91 Å². The van der Waals surface area contributed by atoms with Crippen molar-refractivity contribution in [2.75, 3.05) is 6.26 Å². The third kappa shape index (κ3) is 3.83. The van der Waals surface area contributed by atoms with E-state index < -0.39 is 0 Å². The second-order valence-corrected chi connectivity index (χ2v) is 6.25. The van der Waals surface area contributed by atoms with Gasteiger partial charge in [0.05, 0.1) is 6.20 Å². The molecular formula is C18H18N4OS. The fourth-order valence-electron chi connectivity index (χ4n) is 2.23. The zero-order chi connectivity index (χ0) is 16.9. The van der Waals surface area contributed by atoms with Gasteiger partial charge in [-0.3, -0.25) is 4.79 Å². The number of aryl methyl sites for hydroxylation is 1. The summed E-state index contributed by atoms with van der Waals surface area (Å²) in [4.78, 5) is 17.9. The average Bonchev–Trinajstić information content (AvgIpc) is 3.06. The van der Waals surface area contributed by atoms with E-state index >= 15 is 0 Å². The van der Waals surface area contributed by atoms with E-state index in [-0.39, 0.29) is 5.91 Å². The number of benzene rings is 1. The predicted molar refractivity (Wildman–Crippen MR) is 95.5 cm³/mol. The summed E-state index contributed by atoms with van der Waals surface area (Å²) in [5.41, 5.74) is 2.47. The number of nitrogens with zero attached hydrogens (tertiary/aromatic N) is 3. The summed E-state index contributed by atoms with van der Waals surface area (Å²) >= 11 is 1.69. The molecule has 24 heavy (non-hydrogen) atoms. The highest BCUT2D eigenvalue weighted by atomic mass is 32.2. The van der Waals surface area contributed by atoms with Crippen LogP contribution in [0, 0.1) is 6.92 Å². The maximum Gasteiger partial charge on any atom is 0.270 e. The second kappa shape index (κ2) is 7.31. The Morgan fingerprint density at radius 3 is 2.67 bits per heavy atom. The number of aromatic nitrogens is 3. The van der Waals surface area contributed by atoms with Crippen molar-refractivity contribution in [2.24, 2.45) is 0 Å². The first-order valence-electron chi connectivity index (χ1n) is 7.55. The van der Waals surface area contributed by atoms with Gasteiger partial charge < -0.3 is 5.32 Å². The van der Waals surface area contributed by atoms with Gasteiger partial charge >= 0.3 is 0 Å². The molecule has 0 saturated carbocycles. The lowest BCUT2D eigenvalue weighted by atomic mass is 10.2. The summed E-state index contributed by atoms with van der Waals surface area (Å²) in [5.74, 6) is 0.426. The highest BCUT2D eigenvalue weighted by Gasteiger charge is 2.09. The van der Waals surface area contributed by atoms with Crippen LogP contribution in [0.1, 0.15) is 21.6 Å². The van der Waals surface area contributed by atoms with Gasteiger partial charge in [-0.15, -0.1) is 11.8 Å². The molecule has 2 aromatic heterocycles. The quantitative estimate of drug-likeness (QED) is 0.726. The Balaban J connectivity index is 1.68. The lowest BCUT2D eigenvalue weighted by Crippen LogP contribution is -2.24. The number of thioether (sulfide) groups is 1. The van der Waals surface area contributed by atoms with Crippen LogP contribution in [0.5, 0.6) is 0 Å². The molecule has 0 aliphatic rings. The molecule has 0 saturated heterocycles. The molecule has 1 aromatic carbocycles. The predicted octanol–water partition coefficient (Wildman–Crippen LogP) is 3.23. The molecule has 6 heteroatoms. The lowest BCUT2D eigenvalue weighted by molar-refractivity contribution is 0.0946. The number of hydrogen-bond acceptors (Lipinski definition) is 4. The number of carbonyl (C=O) groups excluding carboxylic acids is 1. The van der Waals surface area contributed by atoms with Crippen molar-refractivity contribution in [2.45, 2.75) is 18.4 Å². The van der Waals surface area contributed by atoms with E-state index in [1.165, 1.54) is 4.90 Å². The molecule has 2 heterocycles. The molecule has 0 aliphatic heterocycles. The summed E-state index contributed by atoms with van der Waals surface area (Å²) in [6.07, 6.45) is 5.67. The van der Waals surface area contributed by atoms with Crippen molar-refractivity contribution in [3.8, 4) is 5.82 Å². The highest BCUT2D eigenvalue weighted by Crippen LogP contribution is 2.14. The van der Waals surface area contributed by atoms with Gasteiger partial charge in [-0.2, -0.15) is 5.10 Å². The number of carbonyl (C=O) groups is 1. The van der Waals surface area contributed by atoms with E-state index in [0.29, 0.717) is 18.1 Å². The molecule has 0 bridgehead atoms. The first-order chi connectivity index (χ1) is 11.7. The molecule has 5 nitrogen and oxygen atoms in total. The molecule has 0 unspecified atom stereocenters. The Bertz CT molecular complexity index is 842. The molecule has 0 spiro atoms. The third-order valence-electron chi connectivity index (χ3n) is 3.53. The molecular weight excluding hydrogens is 320 g/mol. The standard InChI is InChI=1S/C18H18N4OS/c1-13-10-20-22(12-13)17-5-3-4-16(21-17)18(23)19-11-14-6-8-15(24-2)9-7-14/h3-10,12H,11H2,1-2H3,(H,19,23). The molecule has 3 aromatic rings. The minimum absolute atomic E-state index is 0.199. The van der Waals surface area contributed by atoms with Crippen LogP contribution >= 0.6 is 11.8 Å². The van der Waals surface area contributed by atoms with Crippen molar-refractivity contribution in [1.82, 2.24) is 20.1 Å². The fourth-order valence-corrected chi connectivity index (χ4v) is 2.64. The molecule has 1 N–H and O–H groups in total. The minimum Gasteiger partial charge on any atom is -0.347 e. The van der Waals surface area contributed by atoms with Gasteiger partial charge in [0, 0.05) is 17.6 Å². The molecule has 0 atom stereocenters. The zero-order valence-corrected chi connectivity index (χ0v) is 14.4. The highest BCUT2D eigenvalue weighted by molar-refractivity contribution is 7.98. The van der Waals surface area contributed by atoms with E-state index in [0.717, 1.165) is 11.1 Å². The van der Waals surface area contributed by atoms with E-state index in [2.05, 4.69) is 15.4 Å². The van der Waals surface area contributed by atoms with Crippen molar-refractivity contribution in [3.05, 3.63) is 71.7 Å². The smallest absolute Gasteiger partial charge is 0.270 e. The van der Waals surface area contributed by atoms with Gasteiger partial charge in [-0.25, -0.2) is 9.67 Å². The van der Waals surface area contributed by atoms with Gasteiger partial charge in [-0.05, 0) is 48.6 Å². The van der Waals surface area contributed by atoms with Crippen LogP contribution in [0.4, 0.5) is 0 Å². The normalized spacial score (nSPS) is 10.6. The van der Waals surface area contributed by atoms with Crippen LogP contribution in [-0.2, 0) is 6.54 Å². The summed E-state index contributed by atoms with van der Waals surface area (Å²) < 4.78 is 1.66. The van der Waals surface area contributed by atoms with Crippen LogP contribution in [0.15, 0.2) is 59.8 Å². The number of hydrogen-bond donors (Lipinski definition) is 1. The van der Waals surface area contributed by atoms with Crippen LogP contribution < -0.4 is 5.32 Å². The maximum absolute atomic E-state index is 12.3. The molecule has 0 aliphatic carbocycles. The van der Waals surface area contributed by atoms with Crippen molar-refractivity contribution >= 4 is 17.7 Å². The van der Waals surface area contributed by atoms with Gasteiger partial charge in [0.15, 0.2) is 5.82 Å². The van der Waals surface area contributed by atoms with E-state index in [4.69, 9.17) is 0 Å². The Kier molecular flexibility index (Phi) is 4.96. The summed E-state index contributed by atoms with van der Waals surface area (Å²) in [6, 6.07) is 13.5. The molecule has 0 radical (unpaired) electrons. The van der Waals surface area contributed by atoms with Crippen LogP contribution in [-0.4, -0.2) is 26.9 Å². The van der Waals surface area contributed by atoms with E-state index in [1.807, 2.05) is 55.8 Å². The van der Waals surface area contributed by atoms with Crippen molar-refractivity contribution in [1.29, 1.82) is 0 Å². The monoisotopic (exact) mass is 338 g/mol. The Morgan fingerprint density at radius 2 is 2.00 bits per heavy atom. The van der Waals surface area contributed by atoms with Crippen LogP contribution in [0.2, 0.25) is 0 Å². The van der Waals surface area contributed by atoms with Crippen molar-refractivity contribution in [3.63, 3.8) is 0 Å². The first-order valence-corrected chi connectivity index (χ1v) is 8.78. The van der Waals surface area contributed by atoms with Crippen LogP contribution in [0.25, 0.3) is 5.82 Å². The maximum atomic E-state index is 12.3. The van der Waals surface area contributed by atoms with Gasteiger partial charge in [0.2, 0.25) is 0 Å². The Hall–Kier alpha value is -2.60. The summed E-state index contributed by atoms with van der Waals surface area (Å²) in [6.45, 7) is 2.43. The fraction of sp³-hybridized carbons (Fsp3) is 0.167. The molecule has 3 rings (SSSR count). The molecule has 122 valence electrons. The average molecular weight is 338 g/mol. The largest absolute Gasteiger partial charge is 0.347 e. The topological polar surface area (TPSA) is 59.8 Å². The molecule has 1 amide bonds. The zero-order valence-electron chi connectivity index (χ0n) is 13.6. The second-order valence-electron chi connectivity index (χ2n) is 5.37. The third-order valence-corrected chi connectivity index (χ3v) is 4.27. The summed E-state index contributed by atoms with van der Waals surface area (Å²) in [7, 11) is 0. The van der Waals surface area contributed by atoms with Gasteiger partial charge in [-0.1, -0.05) is 18.2 Å².